The number of urea groups is 1. The predicted octanol–water partition coefficient (Wildman–Crippen LogP) is 5.60. The first-order valence-electron chi connectivity index (χ1n) is 13.4. The van der Waals surface area contributed by atoms with Crippen LogP contribution >= 0.6 is 11.6 Å². The molecule has 200 valence electrons. The quantitative estimate of drug-likeness (QED) is 0.331. The molecule has 0 unspecified atom stereocenters. The van der Waals surface area contributed by atoms with Crippen LogP contribution in [-0.4, -0.2) is 38.1 Å². The van der Waals surface area contributed by atoms with Crippen molar-refractivity contribution in [3.63, 3.8) is 0 Å². The minimum atomic E-state index is -0.305. The second kappa shape index (κ2) is 10.6. The molecule has 3 heterocycles. The Hall–Kier alpha value is -4.04. The highest BCUT2D eigenvalue weighted by atomic mass is 35.5. The number of pyridine rings is 1. The number of aromatic nitrogens is 3. The third-order valence-electron chi connectivity index (χ3n) is 7.68. The number of hydrogen-bond donors (Lipinski definition) is 2. The van der Waals surface area contributed by atoms with E-state index in [1.807, 2.05) is 66.9 Å². The van der Waals surface area contributed by atoms with Crippen LogP contribution in [0.2, 0.25) is 5.02 Å². The molecule has 6 rings (SSSR count). The lowest BCUT2D eigenvalue weighted by Crippen LogP contribution is -2.43. The Kier molecular flexibility index (Phi) is 6.87. The number of nitrogens with zero attached hydrogens (tertiary/aromatic N) is 3. The van der Waals surface area contributed by atoms with Gasteiger partial charge in [-0.05, 0) is 55.4 Å². The molecule has 39 heavy (non-hydrogen) atoms. The van der Waals surface area contributed by atoms with Gasteiger partial charge in [0.05, 0.1) is 11.4 Å². The molecule has 1 aliphatic heterocycles. The smallest absolute Gasteiger partial charge is 0.324 e. The average Bonchev–Trinajstić information content (AvgIpc) is 3.70. The molecule has 1 aliphatic carbocycles. The first-order valence-corrected chi connectivity index (χ1v) is 13.8. The second-order valence-corrected chi connectivity index (χ2v) is 10.8. The van der Waals surface area contributed by atoms with Crippen molar-refractivity contribution in [1.82, 2.24) is 19.0 Å². The molecule has 1 saturated carbocycles. The van der Waals surface area contributed by atoms with Crippen molar-refractivity contribution in [3.05, 3.63) is 98.8 Å². The fourth-order valence-electron chi connectivity index (χ4n) is 5.30. The number of carbonyl (C=O) groups is 1. The van der Waals surface area contributed by atoms with Crippen molar-refractivity contribution in [2.75, 3.05) is 18.4 Å². The van der Waals surface area contributed by atoms with Gasteiger partial charge in [0, 0.05) is 42.5 Å². The maximum absolute atomic E-state index is 13.5. The van der Waals surface area contributed by atoms with Crippen LogP contribution in [0.4, 0.5) is 10.5 Å². The number of amides is 2. The van der Waals surface area contributed by atoms with Crippen molar-refractivity contribution in [1.29, 1.82) is 0 Å². The summed E-state index contributed by atoms with van der Waals surface area (Å²) in [5.74, 6) is 0.466. The monoisotopic (exact) mass is 543 g/mol. The number of rotatable bonds is 6. The second-order valence-electron chi connectivity index (χ2n) is 10.4. The van der Waals surface area contributed by atoms with E-state index in [9.17, 15) is 14.4 Å². The summed E-state index contributed by atoms with van der Waals surface area (Å²) >= 11 is 6.44. The third-order valence-corrected chi connectivity index (χ3v) is 8.01. The van der Waals surface area contributed by atoms with Crippen molar-refractivity contribution in [2.24, 2.45) is 5.92 Å². The molecule has 1 saturated heterocycles. The van der Waals surface area contributed by atoms with Crippen LogP contribution < -0.4 is 16.6 Å². The van der Waals surface area contributed by atoms with Gasteiger partial charge < -0.3 is 19.8 Å². The zero-order valence-electron chi connectivity index (χ0n) is 21.5. The van der Waals surface area contributed by atoms with E-state index in [0.717, 1.165) is 35.4 Å². The van der Waals surface area contributed by atoms with E-state index in [2.05, 4.69) is 10.3 Å². The summed E-state index contributed by atoms with van der Waals surface area (Å²) in [5, 5.41) is 3.43. The summed E-state index contributed by atoms with van der Waals surface area (Å²) in [4.78, 5) is 43.9. The van der Waals surface area contributed by atoms with Gasteiger partial charge in [0.2, 0.25) is 0 Å². The molecular weight excluding hydrogens is 514 g/mol. The Balaban J connectivity index is 1.15. The van der Waals surface area contributed by atoms with Gasteiger partial charge in [0.25, 0.3) is 5.56 Å². The molecule has 2 N–H and O–H groups in total. The van der Waals surface area contributed by atoms with Crippen LogP contribution in [0.25, 0.3) is 22.5 Å². The molecule has 0 bridgehead atoms. The summed E-state index contributed by atoms with van der Waals surface area (Å²) in [5.41, 5.74) is 3.17. The number of piperidine rings is 1. The normalized spacial score (nSPS) is 15.9. The summed E-state index contributed by atoms with van der Waals surface area (Å²) in [6.07, 6.45) is 5.35. The lowest BCUT2D eigenvalue weighted by Gasteiger charge is -2.32. The van der Waals surface area contributed by atoms with E-state index in [0.29, 0.717) is 43.4 Å². The van der Waals surface area contributed by atoms with Crippen LogP contribution in [0, 0.1) is 5.92 Å². The van der Waals surface area contributed by atoms with Gasteiger partial charge in [-0.15, -0.1) is 0 Å². The van der Waals surface area contributed by atoms with Gasteiger partial charge >= 0.3 is 11.7 Å². The molecule has 2 aromatic heterocycles. The van der Waals surface area contributed by atoms with Crippen molar-refractivity contribution >= 4 is 23.3 Å². The third kappa shape index (κ3) is 5.29. The van der Waals surface area contributed by atoms with Crippen LogP contribution in [-0.2, 0) is 6.54 Å². The summed E-state index contributed by atoms with van der Waals surface area (Å²) in [7, 11) is 0. The zero-order valence-corrected chi connectivity index (χ0v) is 22.2. The van der Waals surface area contributed by atoms with Crippen molar-refractivity contribution in [3.8, 4) is 22.5 Å². The SMILES string of the molecule is O=C(Nc1ccc(-c2ccccc2Cl)n(CC2CC2)c1=O)N1CCC(n2cc(-c3ccccc3)[nH]c2=O)CC1. The van der Waals surface area contributed by atoms with E-state index in [1.54, 1.807) is 20.1 Å². The standard InChI is InChI=1S/C30H30ClN5O3/c31-24-9-5-4-8-23(24)27-13-12-25(28(37)36(27)18-20-10-11-20)32-29(38)34-16-14-22(15-17-34)35-19-26(33-30(35)39)21-6-2-1-3-7-21/h1-9,12-13,19-20,22H,10-11,14-18H2,(H,32,38)(H,33,39). The van der Waals surface area contributed by atoms with E-state index < -0.39 is 0 Å². The number of carbonyl (C=O) groups excluding carboxylic acids is 1. The van der Waals surface area contributed by atoms with E-state index >= 15 is 0 Å². The van der Waals surface area contributed by atoms with Crippen LogP contribution in [0.15, 0.2) is 82.5 Å². The zero-order chi connectivity index (χ0) is 26.9. The van der Waals surface area contributed by atoms with Crippen LogP contribution in [0.3, 0.4) is 0 Å². The lowest BCUT2D eigenvalue weighted by molar-refractivity contribution is 0.183. The molecule has 2 fully saturated rings. The van der Waals surface area contributed by atoms with Gasteiger partial charge in [-0.2, -0.15) is 0 Å². The Labute approximate surface area is 230 Å². The number of nitrogens with one attached hydrogen (secondary N) is 2. The lowest BCUT2D eigenvalue weighted by atomic mass is 10.1. The number of imidazole rings is 1. The number of benzene rings is 2. The Morgan fingerprint density at radius 2 is 1.64 bits per heavy atom. The molecule has 2 aromatic carbocycles. The average molecular weight is 544 g/mol. The number of aromatic amines is 1. The predicted molar refractivity (Wildman–Crippen MR) is 153 cm³/mol. The number of H-pyrrole nitrogens is 1. The molecule has 4 aromatic rings. The first-order chi connectivity index (χ1) is 19.0. The molecule has 0 spiro atoms. The topological polar surface area (TPSA) is 92.1 Å². The number of hydrogen-bond acceptors (Lipinski definition) is 3. The van der Waals surface area contributed by atoms with Gasteiger partial charge in [-0.3, -0.25) is 9.36 Å². The molecule has 0 atom stereocenters. The summed E-state index contributed by atoms with van der Waals surface area (Å²) in [6.45, 7) is 1.58. The van der Waals surface area contributed by atoms with Crippen molar-refractivity contribution < 1.29 is 4.79 Å². The van der Waals surface area contributed by atoms with Crippen molar-refractivity contribution in [2.45, 2.75) is 38.3 Å². The van der Waals surface area contributed by atoms with Gasteiger partial charge in [0.1, 0.15) is 5.69 Å². The highest BCUT2D eigenvalue weighted by Crippen LogP contribution is 2.34. The number of anilines is 1. The Morgan fingerprint density at radius 1 is 0.923 bits per heavy atom. The summed E-state index contributed by atoms with van der Waals surface area (Å²) in [6, 6.07) is 20.4. The molecule has 0 radical (unpaired) electrons. The number of likely N-dealkylation sites (tertiary alicyclic amines) is 1. The van der Waals surface area contributed by atoms with E-state index in [4.69, 9.17) is 11.6 Å². The van der Waals surface area contributed by atoms with Gasteiger partial charge in [-0.1, -0.05) is 60.1 Å². The van der Waals surface area contributed by atoms with E-state index in [1.165, 1.54) is 0 Å². The highest BCUT2D eigenvalue weighted by molar-refractivity contribution is 6.33. The fourth-order valence-corrected chi connectivity index (χ4v) is 5.54. The van der Waals surface area contributed by atoms with Gasteiger partial charge in [-0.25, -0.2) is 9.59 Å². The molecule has 8 nitrogen and oxygen atoms in total. The first kappa shape index (κ1) is 25.2. The van der Waals surface area contributed by atoms with E-state index in [-0.39, 0.29) is 29.0 Å². The highest BCUT2D eigenvalue weighted by Gasteiger charge is 2.27. The van der Waals surface area contributed by atoms with Crippen LogP contribution in [0.5, 0.6) is 0 Å². The number of halogens is 1. The maximum Gasteiger partial charge on any atom is 0.326 e. The molecule has 2 amide bonds. The minimum absolute atomic E-state index is 0.000867. The Morgan fingerprint density at radius 3 is 2.36 bits per heavy atom. The molecule has 9 heteroatoms. The molecular formula is C30H30ClN5O3. The molecule has 2 aliphatic rings. The Bertz CT molecular complexity index is 1610. The minimum Gasteiger partial charge on any atom is -0.324 e. The maximum atomic E-state index is 13.5. The van der Waals surface area contributed by atoms with Gasteiger partial charge in [0.15, 0.2) is 0 Å². The largest absolute Gasteiger partial charge is 0.326 e. The van der Waals surface area contributed by atoms with Crippen LogP contribution in [0.1, 0.15) is 31.7 Å². The summed E-state index contributed by atoms with van der Waals surface area (Å²) < 4.78 is 3.48. The fraction of sp³-hybridized carbons (Fsp3) is 0.300.